The number of aromatic nitrogens is 2. The SMILES string of the molecule is CCOc1cccc2c1nc(N)n2C1(C)CCCC1. The molecule has 102 valence electrons. The first kappa shape index (κ1) is 12.3. The maximum Gasteiger partial charge on any atom is 0.201 e. The molecule has 1 aromatic carbocycles. The number of fused-ring (bicyclic) bond motifs is 1. The largest absolute Gasteiger partial charge is 0.492 e. The lowest BCUT2D eigenvalue weighted by Crippen LogP contribution is -2.27. The highest BCUT2D eigenvalue weighted by Crippen LogP contribution is 2.41. The first-order valence-electron chi connectivity index (χ1n) is 7.06. The molecule has 1 saturated carbocycles. The Balaban J connectivity index is 2.20. The summed E-state index contributed by atoms with van der Waals surface area (Å²) in [4.78, 5) is 4.54. The minimum atomic E-state index is 0.101. The van der Waals surface area contributed by atoms with Gasteiger partial charge in [-0.2, -0.15) is 0 Å². The predicted molar refractivity (Wildman–Crippen MR) is 77.4 cm³/mol. The van der Waals surface area contributed by atoms with Crippen molar-refractivity contribution in [3.05, 3.63) is 18.2 Å². The summed E-state index contributed by atoms with van der Waals surface area (Å²) in [7, 11) is 0. The number of nitrogens with zero attached hydrogens (tertiary/aromatic N) is 2. The van der Waals surface area contributed by atoms with Crippen LogP contribution in [0.1, 0.15) is 39.5 Å². The molecule has 4 heteroatoms. The van der Waals surface area contributed by atoms with Crippen LogP contribution in [0.4, 0.5) is 5.95 Å². The summed E-state index contributed by atoms with van der Waals surface area (Å²) in [6.45, 7) is 4.91. The van der Waals surface area contributed by atoms with Crippen LogP contribution in [0.5, 0.6) is 5.75 Å². The molecule has 1 heterocycles. The third-order valence-corrected chi connectivity index (χ3v) is 4.19. The van der Waals surface area contributed by atoms with Crippen molar-refractivity contribution in [2.75, 3.05) is 12.3 Å². The van der Waals surface area contributed by atoms with Crippen LogP contribution in [0.3, 0.4) is 0 Å². The van der Waals surface area contributed by atoms with Gasteiger partial charge >= 0.3 is 0 Å². The average Bonchev–Trinajstić information content (AvgIpc) is 2.94. The number of hydrogen-bond donors (Lipinski definition) is 1. The number of ether oxygens (including phenoxy) is 1. The number of nitrogen functional groups attached to an aromatic ring is 1. The number of para-hydroxylation sites is 1. The molecule has 0 spiro atoms. The van der Waals surface area contributed by atoms with Crippen molar-refractivity contribution in [2.24, 2.45) is 0 Å². The smallest absolute Gasteiger partial charge is 0.201 e. The lowest BCUT2D eigenvalue weighted by atomic mass is 10.00. The second kappa shape index (κ2) is 4.44. The van der Waals surface area contributed by atoms with Crippen LogP contribution in [0.15, 0.2) is 18.2 Å². The highest BCUT2D eigenvalue weighted by Gasteiger charge is 2.33. The number of rotatable bonds is 3. The molecule has 4 nitrogen and oxygen atoms in total. The summed E-state index contributed by atoms with van der Waals surface area (Å²) >= 11 is 0. The van der Waals surface area contributed by atoms with Crippen molar-refractivity contribution in [2.45, 2.75) is 45.1 Å². The van der Waals surface area contributed by atoms with Crippen LogP contribution in [-0.4, -0.2) is 16.2 Å². The van der Waals surface area contributed by atoms with Gasteiger partial charge in [-0.1, -0.05) is 18.9 Å². The molecule has 0 atom stereocenters. The van der Waals surface area contributed by atoms with E-state index < -0.39 is 0 Å². The Kier molecular flexibility index (Phi) is 2.88. The van der Waals surface area contributed by atoms with Crippen LogP contribution >= 0.6 is 0 Å². The van der Waals surface area contributed by atoms with Crippen molar-refractivity contribution >= 4 is 17.0 Å². The molecule has 19 heavy (non-hydrogen) atoms. The fourth-order valence-electron chi connectivity index (χ4n) is 3.29. The van der Waals surface area contributed by atoms with E-state index in [2.05, 4.69) is 22.5 Å². The Hall–Kier alpha value is -1.71. The lowest BCUT2D eigenvalue weighted by molar-refractivity contribution is 0.341. The fraction of sp³-hybridized carbons (Fsp3) is 0.533. The number of benzene rings is 1. The molecule has 0 saturated heterocycles. The van der Waals surface area contributed by atoms with Gasteiger partial charge in [-0.25, -0.2) is 4.98 Å². The minimum Gasteiger partial charge on any atom is -0.492 e. The van der Waals surface area contributed by atoms with Crippen molar-refractivity contribution in [1.82, 2.24) is 9.55 Å². The predicted octanol–water partition coefficient (Wildman–Crippen LogP) is 3.31. The molecule has 1 aromatic heterocycles. The molecular formula is C15H21N3O. The maximum atomic E-state index is 6.18. The Labute approximate surface area is 113 Å². The average molecular weight is 259 g/mol. The molecule has 3 rings (SSSR count). The first-order valence-corrected chi connectivity index (χ1v) is 7.06. The summed E-state index contributed by atoms with van der Waals surface area (Å²) in [6.07, 6.45) is 4.87. The number of hydrogen-bond acceptors (Lipinski definition) is 3. The molecule has 0 bridgehead atoms. The van der Waals surface area contributed by atoms with Gasteiger partial charge in [-0.3, -0.25) is 0 Å². The fourth-order valence-corrected chi connectivity index (χ4v) is 3.29. The number of anilines is 1. The molecule has 2 aromatic rings. The Morgan fingerprint density at radius 1 is 1.37 bits per heavy atom. The van der Waals surface area contributed by atoms with E-state index in [1.807, 2.05) is 19.1 Å². The van der Waals surface area contributed by atoms with Gasteiger partial charge in [0.25, 0.3) is 0 Å². The molecule has 1 fully saturated rings. The highest BCUT2D eigenvalue weighted by atomic mass is 16.5. The van der Waals surface area contributed by atoms with Gasteiger partial charge < -0.3 is 15.0 Å². The normalized spacial score (nSPS) is 18.0. The standard InChI is InChI=1S/C15H21N3O/c1-3-19-12-8-6-7-11-13(12)17-14(16)18(11)15(2)9-4-5-10-15/h6-8H,3-5,9-10H2,1-2H3,(H2,16,17). The van der Waals surface area contributed by atoms with Crippen LogP contribution in [0, 0.1) is 0 Å². The van der Waals surface area contributed by atoms with E-state index in [1.165, 1.54) is 25.7 Å². The van der Waals surface area contributed by atoms with E-state index in [0.29, 0.717) is 12.6 Å². The molecule has 0 amide bonds. The lowest BCUT2D eigenvalue weighted by Gasteiger charge is -2.27. The van der Waals surface area contributed by atoms with Crippen molar-refractivity contribution in [3.63, 3.8) is 0 Å². The Morgan fingerprint density at radius 3 is 2.79 bits per heavy atom. The van der Waals surface area contributed by atoms with Gasteiger partial charge in [0.15, 0.2) is 0 Å². The maximum absolute atomic E-state index is 6.18. The number of nitrogens with two attached hydrogens (primary N) is 1. The second-order valence-corrected chi connectivity index (χ2v) is 5.57. The van der Waals surface area contributed by atoms with Gasteiger partial charge in [-0.15, -0.1) is 0 Å². The van der Waals surface area contributed by atoms with Gasteiger partial charge in [-0.05, 0) is 38.8 Å². The third kappa shape index (κ3) is 1.86. The van der Waals surface area contributed by atoms with Gasteiger partial charge in [0.05, 0.1) is 12.1 Å². The summed E-state index contributed by atoms with van der Waals surface area (Å²) in [6, 6.07) is 6.06. The molecular weight excluding hydrogens is 238 g/mol. The van der Waals surface area contributed by atoms with E-state index in [4.69, 9.17) is 10.5 Å². The first-order chi connectivity index (χ1) is 9.15. The summed E-state index contributed by atoms with van der Waals surface area (Å²) in [5.74, 6) is 1.43. The zero-order chi connectivity index (χ0) is 13.5. The summed E-state index contributed by atoms with van der Waals surface area (Å²) < 4.78 is 7.86. The molecule has 0 aliphatic heterocycles. The van der Waals surface area contributed by atoms with E-state index in [1.54, 1.807) is 0 Å². The monoisotopic (exact) mass is 259 g/mol. The molecule has 2 N–H and O–H groups in total. The van der Waals surface area contributed by atoms with Crippen LogP contribution in [0.2, 0.25) is 0 Å². The molecule has 0 radical (unpaired) electrons. The molecule has 0 unspecified atom stereocenters. The summed E-state index contributed by atoms with van der Waals surface area (Å²) in [5.41, 5.74) is 8.26. The highest BCUT2D eigenvalue weighted by molar-refractivity contribution is 5.84. The molecule has 1 aliphatic rings. The van der Waals surface area contributed by atoms with E-state index in [-0.39, 0.29) is 5.54 Å². The van der Waals surface area contributed by atoms with E-state index >= 15 is 0 Å². The Morgan fingerprint density at radius 2 is 2.11 bits per heavy atom. The van der Waals surface area contributed by atoms with Crippen LogP contribution < -0.4 is 10.5 Å². The van der Waals surface area contributed by atoms with Crippen molar-refractivity contribution in [1.29, 1.82) is 0 Å². The van der Waals surface area contributed by atoms with Crippen molar-refractivity contribution < 1.29 is 4.74 Å². The summed E-state index contributed by atoms with van der Waals surface area (Å²) in [5, 5.41) is 0. The zero-order valence-electron chi connectivity index (χ0n) is 11.6. The van der Waals surface area contributed by atoms with Gasteiger partial charge in [0.1, 0.15) is 11.3 Å². The topological polar surface area (TPSA) is 53.1 Å². The molecule has 1 aliphatic carbocycles. The van der Waals surface area contributed by atoms with E-state index in [9.17, 15) is 0 Å². The van der Waals surface area contributed by atoms with Crippen LogP contribution in [0.25, 0.3) is 11.0 Å². The van der Waals surface area contributed by atoms with E-state index in [0.717, 1.165) is 16.8 Å². The minimum absolute atomic E-state index is 0.101. The van der Waals surface area contributed by atoms with Crippen LogP contribution in [-0.2, 0) is 5.54 Å². The number of imidazole rings is 1. The zero-order valence-corrected chi connectivity index (χ0v) is 11.6. The third-order valence-electron chi connectivity index (χ3n) is 4.19. The van der Waals surface area contributed by atoms with Crippen molar-refractivity contribution in [3.8, 4) is 5.75 Å². The second-order valence-electron chi connectivity index (χ2n) is 5.57. The quantitative estimate of drug-likeness (QED) is 0.920. The van der Waals surface area contributed by atoms with Gasteiger partial charge in [0.2, 0.25) is 5.95 Å². The Bertz CT molecular complexity index is 597. The van der Waals surface area contributed by atoms with Gasteiger partial charge in [0, 0.05) is 5.54 Å².